The molecule has 5 nitrogen and oxygen atoms in total. The van der Waals surface area contributed by atoms with Gasteiger partial charge in [-0.15, -0.1) is 12.4 Å². The van der Waals surface area contributed by atoms with E-state index >= 15 is 0 Å². The van der Waals surface area contributed by atoms with Crippen molar-refractivity contribution in [1.29, 1.82) is 0 Å². The molecule has 1 aromatic rings. The summed E-state index contributed by atoms with van der Waals surface area (Å²) in [5.74, 6) is 1.75. The van der Waals surface area contributed by atoms with Crippen LogP contribution in [0.25, 0.3) is 0 Å². The van der Waals surface area contributed by atoms with E-state index in [0.29, 0.717) is 18.5 Å². The van der Waals surface area contributed by atoms with Gasteiger partial charge in [-0.1, -0.05) is 6.07 Å². The summed E-state index contributed by atoms with van der Waals surface area (Å²) in [6.07, 6.45) is 2.56. The van der Waals surface area contributed by atoms with E-state index in [4.69, 9.17) is 9.47 Å². The van der Waals surface area contributed by atoms with Crippen LogP contribution in [0.4, 0.5) is 0 Å². The van der Waals surface area contributed by atoms with Gasteiger partial charge in [0, 0.05) is 25.0 Å². The fourth-order valence-electron chi connectivity index (χ4n) is 3.40. The normalized spacial score (nSPS) is 23.2. The van der Waals surface area contributed by atoms with Crippen molar-refractivity contribution in [3.8, 4) is 11.5 Å². The molecular weight excluding hydrogens is 304 g/mol. The Kier molecular flexibility index (Phi) is 5.53. The lowest BCUT2D eigenvalue weighted by Crippen LogP contribution is -2.37. The first-order valence-electron chi connectivity index (χ1n) is 7.46. The van der Waals surface area contributed by atoms with Gasteiger partial charge in [0.25, 0.3) is 0 Å². The van der Waals surface area contributed by atoms with Crippen molar-refractivity contribution >= 4 is 18.3 Å². The third kappa shape index (κ3) is 3.15. The van der Waals surface area contributed by atoms with Crippen LogP contribution < -0.4 is 14.8 Å². The Morgan fingerprint density at radius 2 is 2.05 bits per heavy atom. The number of hydrogen-bond donors (Lipinski definition) is 1. The fraction of sp³-hybridized carbons (Fsp3) is 0.562. The van der Waals surface area contributed by atoms with Crippen molar-refractivity contribution in [2.75, 3.05) is 27.3 Å². The number of methoxy groups -OCH3 is 2. The van der Waals surface area contributed by atoms with E-state index in [1.165, 1.54) is 0 Å². The largest absolute Gasteiger partial charge is 0.493 e. The highest BCUT2D eigenvalue weighted by molar-refractivity contribution is 5.85. The lowest BCUT2D eigenvalue weighted by atomic mass is 10.1. The van der Waals surface area contributed by atoms with Crippen molar-refractivity contribution in [2.24, 2.45) is 0 Å². The van der Waals surface area contributed by atoms with Crippen LogP contribution in [-0.4, -0.2) is 50.2 Å². The van der Waals surface area contributed by atoms with E-state index < -0.39 is 0 Å². The molecule has 0 radical (unpaired) electrons. The lowest BCUT2D eigenvalue weighted by molar-refractivity contribution is -0.129. The van der Waals surface area contributed by atoms with E-state index in [1.807, 2.05) is 23.1 Å². The van der Waals surface area contributed by atoms with Crippen molar-refractivity contribution in [2.45, 2.75) is 31.3 Å². The second kappa shape index (κ2) is 7.20. The molecular formula is C16H23ClN2O3. The van der Waals surface area contributed by atoms with E-state index in [2.05, 4.69) is 5.32 Å². The molecule has 22 heavy (non-hydrogen) atoms. The minimum atomic E-state index is 0. The van der Waals surface area contributed by atoms with Gasteiger partial charge in [0.05, 0.1) is 14.2 Å². The maximum atomic E-state index is 12.1. The highest BCUT2D eigenvalue weighted by Crippen LogP contribution is 2.29. The number of ether oxygens (including phenoxy) is 2. The number of likely N-dealkylation sites (tertiary alicyclic amines) is 1. The number of carbonyl (C=O) groups is 1. The van der Waals surface area contributed by atoms with Gasteiger partial charge in [-0.3, -0.25) is 4.79 Å². The highest BCUT2D eigenvalue weighted by Gasteiger charge is 2.41. The van der Waals surface area contributed by atoms with Gasteiger partial charge in [0.1, 0.15) is 0 Å². The van der Waals surface area contributed by atoms with Crippen LogP contribution in [0.2, 0.25) is 0 Å². The first kappa shape index (κ1) is 16.9. The number of carbonyl (C=O) groups excluding carboxylic acids is 1. The third-order valence-electron chi connectivity index (χ3n) is 4.52. The van der Waals surface area contributed by atoms with Crippen LogP contribution in [0.3, 0.4) is 0 Å². The Bertz CT molecular complexity index is 538. The molecule has 122 valence electrons. The second-order valence-electron chi connectivity index (χ2n) is 5.65. The Labute approximate surface area is 137 Å². The summed E-state index contributed by atoms with van der Waals surface area (Å²) >= 11 is 0. The molecule has 0 spiro atoms. The Morgan fingerprint density at radius 3 is 2.77 bits per heavy atom. The van der Waals surface area contributed by atoms with Crippen LogP contribution >= 0.6 is 12.4 Å². The number of nitrogens with zero attached hydrogens (tertiary/aromatic N) is 1. The van der Waals surface area contributed by atoms with Crippen molar-refractivity contribution in [1.82, 2.24) is 10.2 Å². The van der Waals surface area contributed by atoms with Crippen molar-refractivity contribution in [3.05, 3.63) is 23.8 Å². The third-order valence-corrected chi connectivity index (χ3v) is 4.52. The summed E-state index contributed by atoms with van der Waals surface area (Å²) in [6, 6.07) is 6.69. The summed E-state index contributed by atoms with van der Waals surface area (Å²) in [4.78, 5) is 14.1. The van der Waals surface area contributed by atoms with Gasteiger partial charge in [-0.25, -0.2) is 0 Å². The van der Waals surface area contributed by atoms with Gasteiger partial charge in [-0.2, -0.15) is 0 Å². The van der Waals surface area contributed by atoms with Gasteiger partial charge in [0.2, 0.25) is 5.91 Å². The Balaban J connectivity index is 0.00000176. The molecule has 2 fully saturated rings. The van der Waals surface area contributed by atoms with E-state index in [-0.39, 0.29) is 18.3 Å². The molecule has 2 aliphatic rings. The number of amides is 1. The van der Waals surface area contributed by atoms with E-state index in [9.17, 15) is 4.79 Å². The molecule has 1 N–H and O–H groups in total. The molecule has 1 amide bonds. The Hall–Kier alpha value is -1.46. The van der Waals surface area contributed by atoms with E-state index in [0.717, 1.165) is 43.0 Å². The van der Waals surface area contributed by atoms with Crippen molar-refractivity contribution in [3.63, 3.8) is 0 Å². The van der Waals surface area contributed by atoms with Crippen LogP contribution in [0.15, 0.2) is 18.2 Å². The maximum Gasteiger partial charge on any atom is 0.224 e. The Morgan fingerprint density at radius 1 is 1.27 bits per heavy atom. The summed E-state index contributed by atoms with van der Waals surface area (Å²) < 4.78 is 10.6. The molecule has 0 unspecified atom stereocenters. The topological polar surface area (TPSA) is 50.8 Å². The highest BCUT2D eigenvalue weighted by atomic mass is 35.5. The van der Waals surface area contributed by atoms with Gasteiger partial charge >= 0.3 is 0 Å². The molecule has 6 heteroatoms. The first-order valence-corrected chi connectivity index (χ1v) is 7.46. The van der Waals surface area contributed by atoms with Gasteiger partial charge in [0.15, 0.2) is 11.5 Å². The molecule has 0 saturated carbocycles. The number of hydrogen-bond acceptors (Lipinski definition) is 4. The predicted octanol–water partition coefficient (Wildman–Crippen LogP) is 1.63. The zero-order valence-electron chi connectivity index (χ0n) is 13.0. The van der Waals surface area contributed by atoms with Crippen LogP contribution in [0, 0.1) is 0 Å². The van der Waals surface area contributed by atoms with Gasteiger partial charge < -0.3 is 19.7 Å². The lowest BCUT2D eigenvalue weighted by Gasteiger charge is -2.23. The molecule has 2 heterocycles. The zero-order valence-corrected chi connectivity index (χ0v) is 13.8. The predicted molar refractivity (Wildman–Crippen MR) is 87.0 cm³/mol. The first-order chi connectivity index (χ1) is 10.2. The quantitative estimate of drug-likeness (QED) is 0.893. The van der Waals surface area contributed by atoms with Crippen LogP contribution in [0.1, 0.15) is 18.4 Å². The number of halogens is 1. The second-order valence-corrected chi connectivity index (χ2v) is 5.65. The average Bonchev–Trinajstić information content (AvgIpc) is 3.05. The molecule has 3 rings (SSSR count). The minimum Gasteiger partial charge on any atom is -0.493 e. The number of rotatable bonds is 5. The molecule has 2 atom stereocenters. The van der Waals surface area contributed by atoms with Crippen molar-refractivity contribution < 1.29 is 14.3 Å². The summed E-state index contributed by atoms with van der Waals surface area (Å²) in [5.41, 5.74) is 1.16. The van der Waals surface area contributed by atoms with E-state index in [1.54, 1.807) is 14.2 Å². The molecule has 2 saturated heterocycles. The number of fused-ring (bicyclic) bond motifs is 1. The molecule has 0 aromatic heterocycles. The fourth-order valence-corrected chi connectivity index (χ4v) is 3.40. The summed E-state index contributed by atoms with van der Waals surface area (Å²) in [5, 5.41) is 3.41. The van der Waals surface area contributed by atoms with Gasteiger partial charge in [-0.05, 0) is 37.1 Å². The zero-order chi connectivity index (χ0) is 14.8. The summed E-state index contributed by atoms with van der Waals surface area (Å²) in [6.45, 7) is 1.80. The molecule has 1 aromatic carbocycles. The SMILES string of the molecule is COc1ccc(CCN2C(=O)C[C@H]3NCC[C@H]32)cc1OC.Cl. The molecule has 0 bridgehead atoms. The maximum absolute atomic E-state index is 12.1. The average molecular weight is 327 g/mol. The standard InChI is InChI=1S/C16H22N2O3.ClH/c1-20-14-4-3-11(9-15(14)21-2)6-8-18-13-5-7-17-12(13)10-16(18)19;/h3-4,9,12-13,17H,5-8,10H2,1-2H3;1H/t12-,13-;/m1./s1. The van der Waals surface area contributed by atoms with Crippen LogP contribution in [0.5, 0.6) is 11.5 Å². The molecule has 0 aliphatic carbocycles. The number of nitrogens with one attached hydrogen (secondary N) is 1. The van der Waals surface area contributed by atoms with Crippen LogP contribution in [-0.2, 0) is 11.2 Å². The monoisotopic (exact) mass is 326 g/mol. The smallest absolute Gasteiger partial charge is 0.224 e. The summed E-state index contributed by atoms with van der Waals surface area (Å²) in [7, 11) is 3.27. The number of benzene rings is 1. The molecule has 2 aliphatic heterocycles. The minimum absolute atomic E-state index is 0.